The maximum atomic E-state index is 6.30. The number of hydrogen-bond acceptors (Lipinski definition) is 3. The van der Waals surface area contributed by atoms with Gasteiger partial charge in [0.05, 0.1) is 23.0 Å². The van der Waals surface area contributed by atoms with Crippen molar-refractivity contribution in [2.45, 2.75) is 32.7 Å². The molecule has 0 aliphatic carbocycles. The molecule has 0 radical (unpaired) electrons. The Morgan fingerprint density at radius 1 is 1.35 bits per heavy atom. The lowest BCUT2D eigenvalue weighted by molar-refractivity contribution is 0.738. The number of imidazole rings is 1. The number of fused-ring (bicyclic) bond motifs is 1. The molecule has 3 rings (SSSR count). The van der Waals surface area contributed by atoms with Gasteiger partial charge in [0.2, 0.25) is 0 Å². The molecule has 1 unspecified atom stereocenters. The molecular formula is C15H16ClN3S. The Labute approximate surface area is 127 Å². The molecule has 0 saturated heterocycles. The number of hydrogen-bond donors (Lipinski definition) is 0. The van der Waals surface area contributed by atoms with Crippen molar-refractivity contribution in [2.75, 3.05) is 0 Å². The Bertz CT molecular complexity index is 758. The Hall–Kier alpha value is -1.39. The fourth-order valence-corrected chi connectivity index (χ4v) is 3.33. The predicted octanol–water partition coefficient (Wildman–Crippen LogP) is 4.46. The first-order valence-corrected chi connectivity index (χ1v) is 7.82. The molecule has 0 spiro atoms. The van der Waals surface area contributed by atoms with Crippen molar-refractivity contribution in [2.24, 2.45) is 0 Å². The van der Waals surface area contributed by atoms with E-state index in [0.29, 0.717) is 0 Å². The highest BCUT2D eigenvalue weighted by Gasteiger charge is 2.17. The third kappa shape index (κ3) is 2.34. The van der Waals surface area contributed by atoms with Gasteiger partial charge in [-0.1, -0.05) is 12.1 Å². The number of aryl methyl sites for hydroxylation is 2. The van der Waals surface area contributed by atoms with E-state index in [1.54, 1.807) is 11.3 Å². The number of nitrogens with zero attached hydrogens (tertiary/aromatic N) is 3. The molecule has 0 aliphatic heterocycles. The molecule has 0 N–H and O–H groups in total. The Kier molecular flexibility index (Phi) is 3.52. The highest BCUT2D eigenvalue weighted by atomic mass is 35.5. The van der Waals surface area contributed by atoms with Gasteiger partial charge in [-0.25, -0.2) is 9.97 Å². The van der Waals surface area contributed by atoms with E-state index in [9.17, 15) is 0 Å². The molecule has 0 aliphatic rings. The second kappa shape index (κ2) is 5.19. The first-order valence-electron chi connectivity index (χ1n) is 6.57. The Morgan fingerprint density at radius 3 is 2.80 bits per heavy atom. The van der Waals surface area contributed by atoms with Crippen LogP contribution in [0.4, 0.5) is 0 Å². The molecule has 20 heavy (non-hydrogen) atoms. The molecule has 1 aromatic carbocycles. The van der Waals surface area contributed by atoms with Crippen molar-refractivity contribution < 1.29 is 0 Å². The summed E-state index contributed by atoms with van der Waals surface area (Å²) in [4.78, 5) is 10.4. The van der Waals surface area contributed by atoms with Crippen molar-refractivity contribution in [3.8, 4) is 0 Å². The zero-order valence-corrected chi connectivity index (χ0v) is 13.3. The van der Waals surface area contributed by atoms with Crippen LogP contribution in [0, 0.1) is 13.8 Å². The van der Waals surface area contributed by atoms with Crippen LogP contribution in [0.1, 0.15) is 33.6 Å². The summed E-state index contributed by atoms with van der Waals surface area (Å²) >= 11 is 8.02. The van der Waals surface area contributed by atoms with E-state index in [4.69, 9.17) is 16.6 Å². The molecule has 0 saturated carbocycles. The maximum Gasteiger partial charge on any atom is 0.128 e. The van der Waals surface area contributed by atoms with Crippen LogP contribution in [0.5, 0.6) is 0 Å². The van der Waals surface area contributed by atoms with Crippen LogP contribution in [-0.2, 0) is 6.54 Å². The van der Waals surface area contributed by atoms with E-state index in [2.05, 4.69) is 41.6 Å². The van der Waals surface area contributed by atoms with E-state index in [1.807, 2.05) is 13.1 Å². The lowest BCUT2D eigenvalue weighted by Gasteiger charge is -2.08. The molecule has 104 valence electrons. The number of aromatic nitrogens is 3. The molecule has 1 atom stereocenters. The van der Waals surface area contributed by atoms with Gasteiger partial charge in [-0.3, -0.25) is 0 Å². The predicted molar refractivity (Wildman–Crippen MR) is 84.7 cm³/mol. The topological polar surface area (TPSA) is 30.7 Å². The number of rotatable bonds is 3. The second-order valence-electron chi connectivity index (χ2n) is 4.98. The van der Waals surface area contributed by atoms with E-state index >= 15 is 0 Å². The maximum absolute atomic E-state index is 6.30. The number of benzene rings is 1. The Morgan fingerprint density at radius 2 is 2.15 bits per heavy atom. The highest BCUT2D eigenvalue weighted by Crippen LogP contribution is 2.27. The number of thiazole rings is 1. The molecule has 0 fully saturated rings. The van der Waals surface area contributed by atoms with Gasteiger partial charge in [-0.05, 0) is 32.4 Å². The fraction of sp³-hybridized carbons (Fsp3) is 0.333. The average Bonchev–Trinajstić information content (AvgIpc) is 2.96. The molecule has 5 heteroatoms. The standard InChI is InChI=1S/C15H16ClN3S/c1-9-5-4-6-12-14(9)18-15(11(3)16)19(12)8-13-17-7-10(2)20-13/h4-7,11H,8H2,1-3H3. The third-order valence-corrected chi connectivity index (χ3v) is 4.42. The molecule has 0 bridgehead atoms. The molecule has 0 amide bonds. The summed E-state index contributed by atoms with van der Waals surface area (Å²) in [7, 11) is 0. The van der Waals surface area contributed by atoms with Crippen LogP contribution in [0.15, 0.2) is 24.4 Å². The summed E-state index contributed by atoms with van der Waals surface area (Å²) in [5.41, 5.74) is 3.33. The van der Waals surface area contributed by atoms with E-state index in [0.717, 1.165) is 28.4 Å². The van der Waals surface area contributed by atoms with E-state index in [1.165, 1.54) is 10.4 Å². The summed E-state index contributed by atoms with van der Waals surface area (Å²) < 4.78 is 2.18. The SMILES string of the molecule is Cc1cnc(Cn2c(C(C)Cl)nc3c(C)cccc32)s1. The van der Waals surface area contributed by atoms with Crippen LogP contribution < -0.4 is 0 Å². The molecule has 2 heterocycles. The van der Waals surface area contributed by atoms with Gasteiger partial charge in [0.25, 0.3) is 0 Å². The van der Waals surface area contributed by atoms with Gasteiger partial charge in [0, 0.05) is 11.1 Å². The van der Waals surface area contributed by atoms with Crippen LogP contribution in [0.3, 0.4) is 0 Å². The number of halogens is 1. The quantitative estimate of drug-likeness (QED) is 0.669. The van der Waals surface area contributed by atoms with Gasteiger partial charge < -0.3 is 4.57 Å². The molecular weight excluding hydrogens is 290 g/mol. The summed E-state index contributed by atoms with van der Waals surface area (Å²) in [6.07, 6.45) is 1.91. The van der Waals surface area contributed by atoms with Gasteiger partial charge in [0.15, 0.2) is 0 Å². The van der Waals surface area contributed by atoms with Crippen LogP contribution in [0.25, 0.3) is 11.0 Å². The minimum absolute atomic E-state index is 0.122. The molecule has 3 aromatic rings. The first-order chi connectivity index (χ1) is 9.56. The minimum Gasteiger partial charge on any atom is -0.320 e. The summed E-state index contributed by atoms with van der Waals surface area (Å²) in [6.45, 7) is 6.84. The normalized spacial score (nSPS) is 13.0. The van der Waals surface area contributed by atoms with Crippen molar-refractivity contribution >= 4 is 34.0 Å². The zero-order chi connectivity index (χ0) is 14.3. The van der Waals surface area contributed by atoms with Crippen molar-refractivity contribution in [1.82, 2.24) is 14.5 Å². The minimum atomic E-state index is -0.122. The van der Waals surface area contributed by atoms with Crippen molar-refractivity contribution in [3.63, 3.8) is 0 Å². The van der Waals surface area contributed by atoms with Gasteiger partial charge in [-0.15, -0.1) is 22.9 Å². The van der Waals surface area contributed by atoms with Crippen LogP contribution >= 0.6 is 22.9 Å². The Balaban J connectivity index is 2.16. The fourth-order valence-electron chi connectivity index (χ4n) is 2.38. The zero-order valence-electron chi connectivity index (χ0n) is 11.7. The smallest absolute Gasteiger partial charge is 0.128 e. The van der Waals surface area contributed by atoms with Gasteiger partial charge in [0.1, 0.15) is 10.8 Å². The van der Waals surface area contributed by atoms with Crippen LogP contribution in [-0.4, -0.2) is 14.5 Å². The monoisotopic (exact) mass is 305 g/mol. The largest absolute Gasteiger partial charge is 0.320 e. The summed E-state index contributed by atoms with van der Waals surface area (Å²) in [5.74, 6) is 0.906. The first kappa shape index (κ1) is 13.6. The summed E-state index contributed by atoms with van der Waals surface area (Å²) in [5, 5.41) is 0.963. The number of alkyl halides is 1. The summed E-state index contributed by atoms with van der Waals surface area (Å²) in [6, 6.07) is 6.24. The van der Waals surface area contributed by atoms with Crippen molar-refractivity contribution in [1.29, 1.82) is 0 Å². The highest BCUT2D eigenvalue weighted by molar-refractivity contribution is 7.11. The lowest BCUT2D eigenvalue weighted by atomic mass is 10.2. The lowest BCUT2D eigenvalue weighted by Crippen LogP contribution is -2.05. The third-order valence-electron chi connectivity index (χ3n) is 3.33. The number of para-hydroxylation sites is 1. The average molecular weight is 306 g/mol. The second-order valence-corrected chi connectivity index (χ2v) is 6.95. The van der Waals surface area contributed by atoms with Gasteiger partial charge >= 0.3 is 0 Å². The van der Waals surface area contributed by atoms with Gasteiger partial charge in [-0.2, -0.15) is 0 Å². The van der Waals surface area contributed by atoms with Crippen LogP contribution in [0.2, 0.25) is 0 Å². The van der Waals surface area contributed by atoms with E-state index in [-0.39, 0.29) is 5.38 Å². The van der Waals surface area contributed by atoms with E-state index < -0.39 is 0 Å². The molecule has 2 aromatic heterocycles. The molecule has 3 nitrogen and oxygen atoms in total. The van der Waals surface area contributed by atoms with Crippen molar-refractivity contribution in [3.05, 3.63) is 45.7 Å².